The smallest absolute Gasteiger partial charge is 0.325 e. The van der Waals surface area contributed by atoms with Crippen LogP contribution < -0.4 is 30.3 Å². The van der Waals surface area contributed by atoms with Crippen LogP contribution in [0.1, 0.15) is 10.6 Å². The number of carbonyl (C=O) groups is 2. The number of hydrogen-bond donors (Lipinski definition) is 3. The van der Waals surface area contributed by atoms with Crippen LogP contribution in [-0.4, -0.2) is 49.7 Å². The molecule has 2 aromatic carbocycles. The van der Waals surface area contributed by atoms with Crippen LogP contribution in [-0.2, 0) is 11.2 Å². The van der Waals surface area contributed by atoms with E-state index in [-0.39, 0.29) is 11.6 Å². The standard InChI is InChI=1S/C21H22N6O5S/c1-30-15-9-13(10-16(31-2)19(15)32-3)12-22-25-17(28)11-18-26-27-21(33-18)24-20(29)23-14-7-5-4-6-8-14/h4-10,12H,11H2,1-3H3,(H,25,28)(H2,23,24,27,29)/b22-12-. The van der Waals surface area contributed by atoms with Crippen molar-refractivity contribution in [2.75, 3.05) is 32.0 Å². The molecule has 11 nitrogen and oxygen atoms in total. The van der Waals surface area contributed by atoms with E-state index in [0.29, 0.717) is 33.5 Å². The molecule has 33 heavy (non-hydrogen) atoms. The maximum Gasteiger partial charge on any atom is 0.325 e. The molecule has 0 aliphatic rings. The number of nitrogens with one attached hydrogen (secondary N) is 3. The number of hydrazone groups is 1. The fourth-order valence-electron chi connectivity index (χ4n) is 2.69. The molecule has 1 aromatic heterocycles. The van der Waals surface area contributed by atoms with E-state index in [2.05, 4.69) is 31.4 Å². The maximum absolute atomic E-state index is 12.2. The molecule has 12 heteroatoms. The molecule has 0 unspecified atom stereocenters. The Balaban J connectivity index is 1.53. The fraction of sp³-hybridized carbons (Fsp3) is 0.190. The Morgan fingerprint density at radius 1 is 1.00 bits per heavy atom. The van der Waals surface area contributed by atoms with Crippen LogP contribution in [0, 0.1) is 0 Å². The summed E-state index contributed by atoms with van der Waals surface area (Å²) in [7, 11) is 4.53. The quantitative estimate of drug-likeness (QED) is 0.323. The highest BCUT2D eigenvalue weighted by atomic mass is 32.1. The van der Waals surface area contributed by atoms with Crippen molar-refractivity contribution in [1.29, 1.82) is 0 Å². The summed E-state index contributed by atoms with van der Waals surface area (Å²) >= 11 is 1.09. The van der Waals surface area contributed by atoms with Gasteiger partial charge in [0.1, 0.15) is 5.01 Å². The lowest BCUT2D eigenvalue weighted by Gasteiger charge is -2.12. The van der Waals surface area contributed by atoms with Gasteiger partial charge in [-0.2, -0.15) is 5.10 Å². The highest BCUT2D eigenvalue weighted by Gasteiger charge is 2.13. The summed E-state index contributed by atoms with van der Waals surface area (Å²) in [6, 6.07) is 11.9. The summed E-state index contributed by atoms with van der Waals surface area (Å²) in [5, 5.41) is 17.7. The van der Waals surface area contributed by atoms with Crippen molar-refractivity contribution < 1.29 is 23.8 Å². The first-order chi connectivity index (χ1) is 16.0. The number of anilines is 2. The molecule has 0 fully saturated rings. The number of rotatable bonds is 9. The van der Waals surface area contributed by atoms with Gasteiger partial charge >= 0.3 is 6.03 Å². The number of urea groups is 1. The van der Waals surface area contributed by atoms with Gasteiger partial charge in [0, 0.05) is 11.3 Å². The monoisotopic (exact) mass is 470 g/mol. The van der Waals surface area contributed by atoms with Crippen molar-refractivity contribution in [1.82, 2.24) is 15.6 Å². The van der Waals surface area contributed by atoms with E-state index in [1.807, 2.05) is 6.07 Å². The first-order valence-electron chi connectivity index (χ1n) is 9.59. The largest absolute Gasteiger partial charge is 0.493 e. The Hall–Kier alpha value is -4.19. The van der Waals surface area contributed by atoms with Gasteiger partial charge in [0.05, 0.1) is 34.0 Å². The number of benzene rings is 2. The summed E-state index contributed by atoms with van der Waals surface area (Å²) in [4.78, 5) is 24.2. The lowest BCUT2D eigenvalue weighted by atomic mass is 10.2. The van der Waals surface area contributed by atoms with E-state index in [1.54, 1.807) is 36.4 Å². The minimum absolute atomic E-state index is 0.0494. The number of hydrogen-bond acceptors (Lipinski definition) is 9. The van der Waals surface area contributed by atoms with Gasteiger partial charge in [0.25, 0.3) is 0 Å². The van der Waals surface area contributed by atoms with Gasteiger partial charge in [-0.1, -0.05) is 29.5 Å². The van der Waals surface area contributed by atoms with Gasteiger partial charge in [-0.05, 0) is 24.3 Å². The second-order valence-electron chi connectivity index (χ2n) is 6.37. The minimum atomic E-state index is -0.455. The van der Waals surface area contributed by atoms with Crippen LogP contribution in [0.5, 0.6) is 17.2 Å². The summed E-state index contributed by atoms with van der Waals surface area (Å²) in [6.45, 7) is 0. The van der Waals surface area contributed by atoms with Crippen molar-refractivity contribution in [3.63, 3.8) is 0 Å². The van der Waals surface area contributed by atoms with E-state index < -0.39 is 11.9 Å². The highest BCUT2D eigenvalue weighted by molar-refractivity contribution is 7.15. The van der Waals surface area contributed by atoms with E-state index in [0.717, 1.165) is 11.3 Å². The van der Waals surface area contributed by atoms with Crippen molar-refractivity contribution >= 4 is 40.3 Å². The van der Waals surface area contributed by atoms with E-state index in [9.17, 15) is 9.59 Å². The van der Waals surface area contributed by atoms with E-state index >= 15 is 0 Å². The number of methoxy groups -OCH3 is 3. The lowest BCUT2D eigenvalue weighted by Crippen LogP contribution is -2.19. The topological polar surface area (TPSA) is 136 Å². The van der Waals surface area contributed by atoms with E-state index in [1.165, 1.54) is 27.5 Å². The number of carbonyl (C=O) groups excluding carboxylic acids is 2. The molecule has 0 aliphatic heterocycles. The van der Waals surface area contributed by atoms with Crippen LogP contribution in [0.4, 0.5) is 15.6 Å². The van der Waals surface area contributed by atoms with Crippen LogP contribution in [0.3, 0.4) is 0 Å². The molecule has 3 aromatic rings. The zero-order valence-corrected chi connectivity index (χ0v) is 18.9. The minimum Gasteiger partial charge on any atom is -0.493 e. The molecule has 3 amide bonds. The second kappa shape index (κ2) is 11.4. The molecule has 0 saturated carbocycles. The Labute approximate surface area is 193 Å². The van der Waals surface area contributed by atoms with Crippen LogP contribution in [0.25, 0.3) is 0 Å². The predicted octanol–water partition coefficient (Wildman–Crippen LogP) is 2.90. The number of aromatic nitrogens is 2. The van der Waals surface area contributed by atoms with Crippen molar-refractivity contribution in [2.24, 2.45) is 5.10 Å². The van der Waals surface area contributed by atoms with Crippen LogP contribution >= 0.6 is 11.3 Å². The second-order valence-corrected chi connectivity index (χ2v) is 7.44. The molecule has 0 atom stereocenters. The zero-order chi connectivity index (χ0) is 23.6. The third kappa shape index (κ3) is 6.64. The summed E-state index contributed by atoms with van der Waals surface area (Å²) in [6.07, 6.45) is 1.40. The molecule has 1 heterocycles. The van der Waals surface area contributed by atoms with Gasteiger partial charge in [0.2, 0.25) is 16.8 Å². The molecular formula is C21H22N6O5S. The van der Waals surface area contributed by atoms with Crippen molar-refractivity contribution in [3.05, 3.63) is 53.0 Å². The number of ether oxygens (including phenoxy) is 3. The maximum atomic E-state index is 12.2. The SMILES string of the molecule is COc1cc(/C=N\NC(=O)Cc2nnc(NC(=O)Nc3ccccc3)s2)cc(OC)c1OC. The average Bonchev–Trinajstić information content (AvgIpc) is 3.25. The van der Waals surface area contributed by atoms with Gasteiger partial charge in [-0.3, -0.25) is 10.1 Å². The molecule has 0 bridgehead atoms. The molecule has 0 radical (unpaired) electrons. The first kappa shape index (κ1) is 23.5. The molecule has 0 saturated heterocycles. The van der Waals surface area contributed by atoms with Crippen LogP contribution in [0.15, 0.2) is 47.6 Å². The Bertz CT molecular complexity index is 1110. The molecule has 172 valence electrons. The molecule has 3 rings (SSSR count). The van der Waals surface area contributed by atoms with Gasteiger partial charge < -0.3 is 19.5 Å². The van der Waals surface area contributed by atoms with E-state index in [4.69, 9.17) is 14.2 Å². The zero-order valence-electron chi connectivity index (χ0n) is 18.1. The van der Waals surface area contributed by atoms with Gasteiger partial charge in [0.15, 0.2) is 11.5 Å². The molecule has 0 aliphatic carbocycles. The Morgan fingerprint density at radius 2 is 1.70 bits per heavy atom. The molecule has 0 spiro atoms. The van der Waals surface area contributed by atoms with Crippen molar-refractivity contribution in [3.8, 4) is 17.2 Å². The third-order valence-electron chi connectivity index (χ3n) is 4.12. The number of para-hydroxylation sites is 1. The first-order valence-corrected chi connectivity index (χ1v) is 10.4. The molecule has 3 N–H and O–H groups in total. The Morgan fingerprint density at radius 3 is 2.33 bits per heavy atom. The average molecular weight is 471 g/mol. The number of amides is 3. The third-order valence-corrected chi connectivity index (χ3v) is 4.96. The van der Waals surface area contributed by atoms with Gasteiger partial charge in [-0.15, -0.1) is 10.2 Å². The summed E-state index contributed by atoms with van der Waals surface area (Å²) < 4.78 is 15.8. The summed E-state index contributed by atoms with van der Waals surface area (Å²) in [5.41, 5.74) is 3.70. The van der Waals surface area contributed by atoms with Crippen molar-refractivity contribution in [2.45, 2.75) is 6.42 Å². The lowest BCUT2D eigenvalue weighted by molar-refractivity contribution is -0.120. The normalized spacial score (nSPS) is 10.5. The Kier molecular flexibility index (Phi) is 8.13. The molecular weight excluding hydrogens is 448 g/mol. The van der Waals surface area contributed by atoms with Crippen LogP contribution in [0.2, 0.25) is 0 Å². The number of nitrogens with zero attached hydrogens (tertiary/aromatic N) is 3. The highest BCUT2D eigenvalue weighted by Crippen LogP contribution is 2.37. The predicted molar refractivity (Wildman–Crippen MR) is 125 cm³/mol. The fourth-order valence-corrected chi connectivity index (χ4v) is 3.42. The summed E-state index contributed by atoms with van der Waals surface area (Å²) in [5.74, 6) is 0.999. The van der Waals surface area contributed by atoms with Gasteiger partial charge in [-0.25, -0.2) is 10.2 Å².